The molecule has 0 amide bonds. The Kier molecular flexibility index (Phi) is 4.72. The minimum Gasteiger partial charge on any atom is -0.494 e. The first-order valence-electron chi connectivity index (χ1n) is 7.91. The van der Waals surface area contributed by atoms with Crippen molar-refractivity contribution in [3.8, 4) is 23.0 Å². The summed E-state index contributed by atoms with van der Waals surface area (Å²) in [5.74, 6) is 1.66. The van der Waals surface area contributed by atoms with Crippen molar-refractivity contribution in [2.45, 2.75) is 12.1 Å². The lowest BCUT2D eigenvalue weighted by molar-refractivity contribution is 0.323. The molecular formula is C19H22FNO4. The average molecular weight is 347 g/mol. The minimum atomic E-state index is -0.357. The van der Waals surface area contributed by atoms with Crippen molar-refractivity contribution < 1.29 is 23.3 Å². The summed E-state index contributed by atoms with van der Waals surface area (Å²) in [5.41, 5.74) is 1.93. The van der Waals surface area contributed by atoms with E-state index in [0.29, 0.717) is 17.2 Å². The molecule has 0 radical (unpaired) electrons. The normalized spacial score (nSPS) is 21.6. The predicted molar refractivity (Wildman–Crippen MR) is 92.3 cm³/mol. The monoisotopic (exact) mass is 347 g/mol. The Bertz CT molecular complexity index is 755. The molecule has 6 heteroatoms. The first-order chi connectivity index (χ1) is 12.0. The molecule has 0 spiro atoms. The first kappa shape index (κ1) is 17.4. The number of halogens is 1. The molecule has 3 unspecified atom stereocenters. The van der Waals surface area contributed by atoms with E-state index in [1.807, 2.05) is 25.2 Å². The van der Waals surface area contributed by atoms with Gasteiger partial charge in [0.1, 0.15) is 0 Å². The Hall–Kier alpha value is -2.47. The Morgan fingerprint density at radius 1 is 0.760 bits per heavy atom. The Balaban J connectivity index is 1.94. The molecule has 0 aromatic heterocycles. The predicted octanol–water partition coefficient (Wildman–Crippen LogP) is 3.59. The molecule has 25 heavy (non-hydrogen) atoms. The number of methoxy groups -OCH3 is 4. The minimum absolute atomic E-state index is 0.0863. The van der Waals surface area contributed by atoms with Gasteiger partial charge in [-0.2, -0.15) is 0 Å². The Morgan fingerprint density at radius 3 is 1.80 bits per heavy atom. The van der Waals surface area contributed by atoms with Gasteiger partial charge in [0.2, 0.25) is 5.75 Å². The highest BCUT2D eigenvalue weighted by Crippen LogP contribution is 2.55. The molecule has 0 aliphatic carbocycles. The van der Waals surface area contributed by atoms with Gasteiger partial charge < -0.3 is 18.9 Å². The fourth-order valence-electron chi connectivity index (χ4n) is 3.31. The van der Waals surface area contributed by atoms with Crippen molar-refractivity contribution in [3.63, 3.8) is 0 Å². The number of hydrogen-bond acceptors (Lipinski definition) is 5. The fourth-order valence-corrected chi connectivity index (χ4v) is 3.31. The van der Waals surface area contributed by atoms with E-state index < -0.39 is 0 Å². The molecule has 0 bridgehead atoms. The SMILES string of the molecule is COc1ccc(C2C(c3cc(OC)c(OC)c(OC)c3)N2C)cc1F. The van der Waals surface area contributed by atoms with Crippen LogP contribution in [0.3, 0.4) is 0 Å². The molecule has 1 saturated heterocycles. The maximum Gasteiger partial charge on any atom is 0.203 e. The zero-order valence-corrected chi connectivity index (χ0v) is 15.0. The van der Waals surface area contributed by atoms with Gasteiger partial charge in [0, 0.05) is 0 Å². The van der Waals surface area contributed by atoms with E-state index in [0.717, 1.165) is 11.1 Å². The fraction of sp³-hybridized carbons (Fsp3) is 0.368. The second-order valence-corrected chi connectivity index (χ2v) is 5.91. The summed E-state index contributed by atoms with van der Waals surface area (Å²) in [6, 6.07) is 9.14. The highest BCUT2D eigenvalue weighted by molar-refractivity contribution is 5.55. The van der Waals surface area contributed by atoms with Crippen LogP contribution in [0.4, 0.5) is 4.39 Å². The molecule has 3 atom stereocenters. The van der Waals surface area contributed by atoms with Crippen LogP contribution >= 0.6 is 0 Å². The maximum absolute atomic E-state index is 14.0. The standard InChI is InChI=1S/C19H22FNO4/c1-21-17(11-6-7-14(22-2)13(20)8-11)18(21)12-9-15(23-3)19(25-5)16(10-12)24-4/h6-10,17-18H,1-5H3. The van der Waals surface area contributed by atoms with E-state index in [4.69, 9.17) is 18.9 Å². The van der Waals surface area contributed by atoms with Crippen LogP contribution in [0, 0.1) is 5.82 Å². The third-order valence-electron chi connectivity index (χ3n) is 4.63. The molecule has 1 fully saturated rings. The molecule has 0 saturated carbocycles. The second-order valence-electron chi connectivity index (χ2n) is 5.91. The van der Waals surface area contributed by atoms with Crippen molar-refractivity contribution in [1.29, 1.82) is 0 Å². The molecule has 0 N–H and O–H groups in total. The van der Waals surface area contributed by atoms with Crippen LogP contribution in [0.1, 0.15) is 23.2 Å². The van der Waals surface area contributed by atoms with Crippen LogP contribution in [-0.2, 0) is 0 Å². The number of hydrogen-bond donors (Lipinski definition) is 0. The van der Waals surface area contributed by atoms with Crippen molar-refractivity contribution in [2.75, 3.05) is 35.5 Å². The molecule has 5 nitrogen and oxygen atoms in total. The quantitative estimate of drug-likeness (QED) is 0.747. The molecule has 1 aliphatic heterocycles. The van der Waals surface area contributed by atoms with E-state index in [-0.39, 0.29) is 23.7 Å². The molecule has 2 aromatic carbocycles. The van der Waals surface area contributed by atoms with Crippen LogP contribution in [-0.4, -0.2) is 40.4 Å². The zero-order chi connectivity index (χ0) is 18.1. The highest BCUT2D eigenvalue weighted by atomic mass is 19.1. The Labute approximate surface area is 146 Å². The molecular weight excluding hydrogens is 325 g/mol. The van der Waals surface area contributed by atoms with Crippen molar-refractivity contribution >= 4 is 0 Å². The number of likely N-dealkylation sites (N-methyl/N-ethyl adjacent to an activating group) is 1. The first-order valence-corrected chi connectivity index (χ1v) is 7.91. The second kappa shape index (κ2) is 6.80. The molecule has 1 heterocycles. The summed E-state index contributed by atoms with van der Waals surface area (Å²) in [4.78, 5) is 2.15. The molecule has 1 aliphatic rings. The van der Waals surface area contributed by atoms with Gasteiger partial charge >= 0.3 is 0 Å². The van der Waals surface area contributed by atoms with Crippen molar-refractivity contribution in [2.24, 2.45) is 0 Å². The van der Waals surface area contributed by atoms with E-state index in [1.54, 1.807) is 27.4 Å². The highest BCUT2D eigenvalue weighted by Gasteiger charge is 2.47. The van der Waals surface area contributed by atoms with E-state index in [2.05, 4.69) is 4.90 Å². The summed E-state index contributed by atoms with van der Waals surface area (Å²) in [6.45, 7) is 0. The summed E-state index contributed by atoms with van der Waals surface area (Å²) in [5, 5.41) is 0. The van der Waals surface area contributed by atoms with E-state index >= 15 is 0 Å². The van der Waals surface area contributed by atoms with Crippen LogP contribution in [0.15, 0.2) is 30.3 Å². The topological polar surface area (TPSA) is 39.9 Å². The summed E-state index contributed by atoms with van der Waals surface area (Å²) < 4.78 is 35.2. The van der Waals surface area contributed by atoms with E-state index in [1.165, 1.54) is 13.2 Å². The van der Waals surface area contributed by atoms with Crippen LogP contribution in [0.25, 0.3) is 0 Å². The van der Waals surface area contributed by atoms with Gasteiger partial charge in [0.15, 0.2) is 23.1 Å². The molecule has 3 rings (SSSR count). The van der Waals surface area contributed by atoms with Gasteiger partial charge in [0.05, 0.1) is 40.5 Å². The summed E-state index contributed by atoms with van der Waals surface area (Å²) >= 11 is 0. The lowest BCUT2D eigenvalue weighted by Crippen LogP contribution is -1.97. The lowest BCUT2D eigenvalue weighted by atomic mass is 10.0. The van der Waals surface area contributed by atoms with Gasteiger partial charge in [-0.1, -0.05) is 6.07 Å². The van der Waals surface area contributed by atoms with Crippen LogP contribution < -0.4 is 18.9 Å². The zero-order valence-electron chi connectivity index (χ0n) is 15.0. The van der Waals surface area contributed by atoms with Crippen molar-refractivity contribution in [3.05, 3.63) is 47.3 Å². The average Bonchev–Trinajstić information content (AvgIpc) is 3.31. The van der Waals surface area contributed by atoms with Gasteiger partial charge in [-0.15, -0.1) is 0 Å². The maximum atomic E-state index is 14.0. The van der Waals surface area contributed by atoms with Gasteiger partial charge in [-0.25, -0.2) is 4.39 Å². The van der Waals surface area contributed by atoms with Crippen molar-refractivity contribution in [1.82, 2.24) is 4.90 Å². The largest absolute Gasteiger partial charge is 0.494 e. The number of nitrogens with zero attached hydrogens (tertiary/aromatic N) is 1. The van der Waals surface area contributed by atoms with E-state index in [9.17, 15) is 4.39 Å². The lowest BCUT2D eigenvalue weighted by Gasteiger charge is -2.14. The number of benzene rings is 2. The number of ether oxygens (including phenoxy) is 4. The smallest absolute Gasteiger partial charge is 0.203 e. The molecule has 2 aromatic rings. The van der Waals surface area contributed by atoms with Gasteiger partial charge in [0.25, 0.3) is 0 Å². The summed E-state index contributed by atoms with van der Waals surface area (Å²) in [6.07, 6.45) is 0. The third kappa shape index (κ3) is 2.98. The molecule has 134 valence electrons. The number of rotatable bonds is 6. The van der Waals surface area contributed by atoms with Crippen LogP contribution in [0.2, 0.25) is 0 Å². The third-order valence-corrected chi connectivity index (χ3v) is 4.63. The van der Waals surface area contributed by atoms with Crippen LogP contribution in [0.5, 0.6) is 23.0 Å². The summed E-state index contributed by atoms with van der Waals surface area (Å²) in [7, 11) is 8.22. The van der Waals surface area contributed by atoms with Gasteiger partial charge in [-0.05, 0) is 42.4 Å². The Morgan fingerprint density at radius 2 is 1.32 bits per heavy atom. The van der Waals surface area contributed by atoms with Gasteiger partial charge in [-0.3, -0.25) is 4.90 Å².